The van der Waals surface area contributed by atoms with E-state index in [9.17, 15) is 0 Å². The highest BCUT2D eigenvalue weighted by Gasteiger charge is 2.23. The van der Waals surface area contributed by atoms with Crippen molar-refractivity contribution in [1.29, 1.82) is 0 Å². The fourth-order valence-corrected chi connectivity index (χ4v) is 4.65. The van der Waals surface area contributed by atoms with Gasteiger partial charge in [0.2, 0.25) is 0 Å². The van der Waals surface area contributed by atoms with Crippen LogP contribution in [0, 0.1) is 18.8 Å². The topological polar surface area (TPSA) is 21.3 Å². The van der Waals surface area contributed by atoms with Gasteiger partial charge in [-0.05, 0) is 82.5 Å². The molecule has 0 bridgehead atoms. The summed E-state index contributed by atoms with van der Waals surface area (Å²) in [5, 5.41) is 3.47. The Morgan fingerprint density at radius 3 is 2.38 bits per heavy atom. The summed E-state index contributed by atoms with van der Waals surface area (Å²) in [5.41, 5.74) is 1.22. The Morgan fingerprint density at radius 1 is 1.00 bits per heavy atom. The number of ether oxygens (including phenoxy) is 1. The van der Waals surface area contributed by atoms with Crippen LogP contribution in [0.1, 0.15) is 63.4 Å². The van der Waals surface area contributed by atoms with Gasteiger partial charge in [-0.1, -0.05) is 41.3 Å². The Balaban J connectivity index is 1.35. The van der Waals surface area contributed by atoms with Crippen LogP contribution in [0.4, 0.5) is 0 Å². The van der Waals surface area contributed by atoms with E-state index in [1.165, 1.54) is 76.4 Å². The fraction of sp³-hybridized carbons (Fsp3) is 0.714. The highest BCUT2D eigenvalue weighted by Crippen LogP contribution is 2.33. The van der Waals surface area contributed by atoms with E-state index in [-0.39, 0.29) is 0 Å². The summed E-state index contributed by atoms with van der Waals surface area (Å²) in [6, 6.07) is 6.26. The predicted molar refractivity (Wildman–Crippen MR) is 105 cm³/mol. The van der Waals surface area contributed by atoms with Gasteiger partial charge in [0.05, 0.1) is 6.10 Å². The molecule has 0 unspecified atom stereocenters. The van der Waals surface area contributed by atoms with Crippen molar-refractivity contribution in [2.24, 2.45) is 11.8 Å². The van der Waals surface area contributed by atoms with Gasteiger partial charge in [0.1, 0.15) is 5.75 Å². The average molecular weight is 394 g/mol. The van der Waals surface area contributed by atoms with Gasteiger partial charge in [-0.2, -0.15) is 0 Å². The summed E-state index contributed by atoms with van der Waals surface area (Å²) in [4.78, 5) is 0. The van der Waals surface area contributed by atoms with E-state index in [2.05, 4.69) is 46.4 Å². The second kappa shape index (κ2) is 9.24. The fourth-order valence-electron chi connectivity index (χ4n) is 4.30. The molecular formula is C21H32BrNO. The quantitative estimate of drug-likeness (QED) is 0.652. The second-order valence-electron chi connectivity index (χ2n) is 7.75. The lowest BCUT2D eigenvalue weighted by atomic mass is 9.82. The van der Waals surface area contributed by atoms with E-state index in [0.29, 0.717) is 6.10 Å². The molecule has 3 rings (SSSR count). The van der Waals surface area contributed by atoms with Crippen LogP contribution in [0.5, 0.6) is 5.75 Å². The lowest BCUT2D eigenvalue weighted by Crippen LogP contribution is -2.28. The Labute approximate surface area is 155 Å². The van der Waals surface area contributed by atoms with Crippen LogP contribution in [-0.2, 0) is 0 Å². The SMILES string of the molecule is Cc1c(Br)cccc1OC1CCC(CCCC2CCNCC2)CC1. The summed E-state index contributed by atoms with van der Waals surface area (Å²) < 4.78 is 7.42. The average Bonchev–Trinajstić information content (AvgIpc) is 2.61. The molecule has 0 aromatic heterocycles. The first-order chi connectivity index (χ1) is 11.7. The van der Waals surface area contributed by atoms with E-state index in [0.717, 1.165) is 22.1 Å². The monoisotopic (exact) mass is 393 g/mol. The van der Waals surface area contributed by atoms with Gasteiger partial charge in [-0.25, -0.2) is 0 Å². The smallest absolute Gasteiger partial charge is 0.123 e. The van der Waals surface area contributed by atoms with Crippen LogP contribution < -0.4 is 10.1 Å². The lowest BCUT2D eigenvalue weighted by molar-refractivity contribution is 0.126. The molecule has 1 saturated carbocycles. The van der Waals surface area contributed by atoms with E-state index in [4.69, 9.17) is 4.74 Å². The van der Waals surface area contributed by atoms with E-state index in [1.54, 1.807) is 0 Å². The van der Waals surface area contributed by atoms with Gasteiger partial charge in [-0.3, -0.25) is 0 Å². The highest BCUT2D eigenvalue weighted by atomic mass is 79.9. The molecule has 1 N–H and O–H groups in total. The van der Waals surface area contributed by atoms with Crippen molar-refractivity contribution in [2.75, 3.05) is 13.1 Å². The van der Waals surface area contributed by atoms with Crippen molar-refractivity contribution in [1.82, 2.24) is 5.32 Å². The van der Waals surface area contributed by atoms with Crippen LogP contribution in [-0.4, -0.2) is 19.2 Å². The Bertz CT molecular complexity index is 505. The van der Waals surface area contributed by atoms with Gasteiger partial charge in [-0.15, -0.1) is 0 Å². The zero-order valence-electron chi connectivity index (χ0n) is 15.0. The molecule has 2 fully saturated rings. The maximum atomic E-state index is 6.28. The van der Waals surface area contributed by atoms with Crippen molar-refractivity contribution >= 4 is 15.9 Å². The van der Waals surface area contributed by atoms with Crippen LogP contribution in [0.3, 0.4) is 0 Å². The predicted octanol–water partition coefficient (Wildman–Crippen LogP) is 5.87. The molecule has 2 nitrogen and oxygen atoms in total. The Morgan fingerprint density at radius 2 is 1.67 bits per heavy atom. The molecule has 0 amide bonds. The van der Waals surface area contributed by atoms with Crippen LogP contribution >= 0.6 is 15.9 Å². The normalized spacial score (nSPS) is 25.6. The van der Waals surface area contributed by atoms with Crippen LogP contribution in [0.2, 0.25) is 0 Å². The van der Waals surface area contributed by atoms with Crippen molar-refractivity contribution in [3.63, 3.8) is 0 Å². The van der Waals surface area contributed by atoms with Gasteiger partial charge in [0.25, 0.3) is 0 Å². The number of nitrogens with one attached hydrogen (secondary N) is 1. The summed E-state index contributed by atoms with van der Waals surface area (Å²) in [7, 11) is 0. The standard InChI is InChI=1S/C21H32BrNO/c1-16-20(22)6-3-7-21(16)24-19-10-8-17(9-11-19)4-2-5-18-12-14-23-15-13-18/h3,6-7,17-19,23H,2,4-5,8-15H2,1H3. The minimum absolute atomic E-state index is 0.415. The number of hydrogen-bond acceptors (Lipinski definition) is 2. The maximum absolute atomic E-state index is 6.28. The van der Waals surface area contributed by atoms with E-state index in [1.807, 2.05) is 0 Å². The van der Waals surface area contributed by atoms with Crippen LogP contribution in [0.25, 0.3) is 0 Å². The second-order valence-corrected chi connectivity index (χ2v) is 8.60. The van der Waals surface area contributed by atoms with Crippen molar-refractivity contribution in [3.05, 3.63) is 28.2 Å². The Hall–Kier alpha value is -0.540. The molecule has 0 atom stereocenters. The van der Waals surface area contributed by atoms with Gasteiger partial charge in [0, 0.05) is 10.0 Å². The third kappa shape index (κ3) is 5.23. The van der Waals surface area contributed by atoms with Crippen LogP contribution in [0.15, 0.2) is 22.7 Å². The molecule has 3 heteroatoms. The lowest BCUT2D eigenvalue weighted by Gasteiger charge is -2.30. The van der Waals surface area contributed by atoms with Crippen molar-refractivity contribution in [2.45, 2.75) is 70.8 Å². The van der Waals surface area contributed by atoms with Gasteiger partial charge < -0.3 is 10.1 Å². The number of rotatable bonds is 6. The molecule has 24 heavy (non-hydrogen) atoms. The molecule has 1 saturated heterocycles. The van der Waals surface area contributed by atoms with Crippen molar-refractivity contribution in [3.8, 4) is 5.75 Å². The molecule has 1 heterocycles. The molecule has 1 aliphatic heterocycles. The maximum Gasteiger partial charge on any atom is 0.123 e. The first kappa shape index (κ1) is 18.3. The minimum atomic E-state index is 0.415. The summed E-state index contributed by atoms with van der Waals surface area (Å²) in [6.07, 6.45) is 12.7. The zero-order valence-corrected chi connectivity index (χ0v) is 16.6. The van der Waals surface area contributed by atoms with Gasteiger partial charge in [0.15, 0.2) is 0 Å². The summed E-state index contributed by atoms with van der Waals surface area (Å²) in [6.45, 7) is 4.61. The van der Waals surface area contributed by atoms with E-state index < -0.39 is 0 Å². The molecule has 1 aromatic rings. The number of hydrogen-bond donors (Lipinski definition) is 1. The number of piperidine rings is 1. The largest absolute Gasteiger partial charge is 0.490 e. The molecule has 134 valence electrons. The third-order valence-electron chi connectivity index (χ3n) is 5.99. The number of benzene rings is 1. The molecule has 0 spiro atoms. The molecule has 1 aliphatic carbocycles. The molecule has 2 aliphatic rings. The zero-order chi connectivity index (χ0) is 16.8. The van der Waals surface area contributed by atoms with Gasteiger partial charge >= 0.3 is 0 Å². The summed E-state index contributed by atoms with van der Waals surface area (Å²) >= 11 is 3.60. The molecule has 0 radical (unpaired) electrons. The first-order valence-electron chi connectivity index (χ1n) is 9.85. The molecular weight excluding hydrogens is 362 g/mol. The molecule has 1 aromatic carbocycles. The first-order valence-corrected chi connectivity index (χ1v) is 10.6. The minimum Gasteiger partial charge on any atom is -0.490 e. The highest BCUT2D eigenvalue weighted by molar-refractivity contribution is 9.10. The van der Waals surface area contributed by atoms with E-state index >= 15 is 0 Å². The Kier molecular flexibility index (Phi) is 7.03. The number of halogens is 1. The third-order valence-corrected chi connectivity index (χ3v) is 6.85. The summed E-state index contributed by atoms with van der Waals surface area (Å²) in [5.74, 6) is 2.99. The van der Waals surface area contributed by atoms with Crippen molar-refractivity contribution < 1.29 is 4.74 Å².